The van der Waals surface area contributed by atoms with Crippen molar-refractivity contribution < 1.29 is 0 Å². The molecule has 1 aliphatic rings. The van der Waals surface area contributed by atoms with Gasteiger partial charge >= 0.3 is 0 Å². The van der Waals surface area contributed by atoms with Gasteiger partial charge in [0.25, 0.3) is 0 Å². The zero-order chi connectivity index (χ0) is 18.1. The zero-order valence-corrected chi connectivity index (χ0v) is 19.9. The molecule has 1 aliphatic heterocycles. The first-order chi connectivity index (χ1) is 12.1. The standard InChI is InChI=1S/C19H35N5S.HI/c1-5-18-23-17(14-25-18)13-24-10-7-16(8-11-24)12-22-19(20-4)21-9-6-15(2)3;/h14-16H,5-13H2,1-4H3,(H2,20,21,22);1H. The maximum absolute atomic E-state index is 4.69. The predicted octanol–water partition coefficient (Wildman–Crippen LogP) is 3.75. The summed E-state index contributed by atoms with van der Waals surface area (Å²) in [5, 5.41) is 10.4. The summed E-state index contributed by atoms with van der Waals surface area (Å²) < 4.78 is 0. The van der Waals surface area contributed by atoms with Crippen LogP contribution in [0.2, 0.25) is 0 Å². The van der Waals surface area contributed by atoms with Gasteiger partial charge in [0.15, 0.2) is 5.96 Å². The molecule has 7 heteroatoms. The van der Waals surface area contributed by atoms with E-state index in [1.807, 2.05) is 7.05 Å². The van der Waals surface area contributed by atoms with Crippen LogP contribution < -0.4 is 10.6 Å². The summed E-state index contributed by atoms with van der Waals surface area (Å²) in [6, 6.07) is 0. The number of guanidine groups is 1. The van der Waals surface area contributed by atoms with Crippen molar-refractivity contribution in [2.45, 2.75) is 53.0 Å². The first kappa shape index (κ1) is 23.6. The maximum atomic E-state index is 4.69. The Hall–Kier alpha value is -0.410. The van der Waals surface area contributed by atoms with Crippen LogP contribution in [0.4, 0.5) is 0 Å². The van der Waals surface area contributed by atoms with Gasteiger partial charge < -0.3 is 10.6 Å². The lowest BCUT2D eigenvalue weighted by molar-refractivity contribution is 0.176. The molecule has 0 unspecified atom stereocenters. The molecule has 0 atom stereocenters. The number of nitrogens with one attached hydrogen (secondary N) is 2. The number of aliphatic imine (C=N–C) groups is 1. The monoisotopic (exact) mass is 493 g/mol. The van der Waals surface area contributed by atoms with E-state index in [9.17, 15) is 0 Å². The highest BCUT2D eigenvalue weighted by Crippen LogP contribution is 2.19. The van der Waals surface area contributed by atoms with E-state index in [1.165, 1.54) is 43.1 Å². The number of hydrogen-bond acceptors (Lipinski definition) is 4. The average Bonchev–Trinajstić information content (AvgIpc) is 3.06. The Balaban J connectivity index is 0.00000338. The molecule has 0 radical (unpaired) electrons. The van der Waals surface area contributed by atoms with E-state index in [2.05, 4.69) is 46.7 Å². The van der Waals surface area contributed by atoms with Crippen LogP contribution in [0.3, 0.4) is 0 Å². The lowest BCUT2D eigenvalue weighted by atomic mass is 9.97. The van der Waals surface area contributed by atoms with Crippen molar-refractivity contribution in [2.24, 2.45) is 16.8 Å². The molecule has 1 aromatic rings. The van der Waals surface area contributed by atoms with Crippen molar-refractivity contribution >= 4 is 41.3 Å². The smallest absolute Gasteiger partial charge is 0.190 e. The van der Waals surface area contributed by atoms with E-state index in [-0.39, 0.29) is 24.0 Å². The molecule has 150 valence electrons. The molecular weight excluding hydrogens is 457 g/mol. The van der Waals surface area contributed by atoms with E-state index in [4.69, 9.17) is 4.98 Å². The fourth-order valence-corrected chi connectivity index (χ4v) is 3.84. The van der Waals surface area contributed by atoms with Gasteiger partial charge in [0, 0.05) is 32.1 Å². The minimum atomic E-state index is 0. The van der Waals surface area contributed by atoms with E-state index < -0.39 is 0 Å². The second-order valence-corrected chi connectivity index (χ2v) is 8.31. The highest BCUT2D eigenvalue weighted by atomic mass is 127. The average molecular weight is 494 g/mol. The Morgan fingerprint density at radius 1 is 1.35 bits per heavy atom. The van der Waals surface area contributed by atoms with Crippen molar-refractivity contribution in [3.8, 4) is 0 Å². The summed E-state index contributed by atoms with van der Waals surface area (Å²) in [4.78, 5) is 11.6. The summed E-state index contributed by atoms with van der Waals surface area (Å²) in [6.45, 7) is 12.0. The number of rotatable bonds is 8. The minimum absolute atomic E-state index is 0. The van der Waals surface area contributed by atoms with E-state index in [1.54, 1.807) is 11.3 Å². The van der Waals surface area contributed by atoms with Gasteiger partial charge in [0.1, 0.15) is 0 Å². The maximum Gasteiger partial charge on any atom is 0.190 e. The van der Waals surface area contributed by atoms with Crippen LogP contribution in [0.25, 0.3) is 0 Å². The first-order valence-electron chi connectivity index (χ1n) is 9.70. The SMILES string of the molecule is CCc1nc(CN2CCC(CNC(=NC)NCCC(C)C)CC2)cs1.I. The Bertz CT molecular complexity index is 524. The van der Waals surface area contributed by atoms with Crippen LogP contribution in [0.1, 0.15) is 50.7 Å². The number of aromatic nitrogens is 1. The molecule has 0 amide bonds. The molecular formula is C19H36IN5S. The fraction of sp³-hybridized carbons (Fsp3) is 0.789. The summed E-state index contributed by atoms with van der Waals surface area (Å²) >= 11 is 1.79. The predicted molar refractivity (Wildman–Crippen MR) is 124 cm³/mol. The normalized spacial score (nSPS) is 16.6. The Morgan fingerprint density at radius 2 is 2.08 bits per heavy atom. The molecule has 0 saturated carbocycles. The van der Waals surface area contributed by atoms with Gasteiger partial charge in [-0.25, -0.2) is 4.98 Å². The second-order valence-electron chi connectivity index (χ2n) is 7.37. The molecule has 2 rings (SSSR count). The summed E-state index contributed by atoms with van der Waals surface area (Å²) in [5.41, 5.74) is 1.24. The summed E-state index contributed by atoms with van der Waals surface area (Å²) in [5.74, 6) is 2.40. The van der Waals surface area contributed by atoms with Crippen LogP contribution in [-0.2, 0) is 13.0 Å². The zero-order valence-electron chi connectivity index (χ0n) is 16.8. The summed E-state index contributed by atoms with van der Waals surface area (Å²) in [7, 11) is 1.85. The molecule has 1 fully saturated rings. The quantitative estimate of drug-likeness (QED) is 0.329. The van der Waals surface area contributed by atoms with Crippen molar-refractivity contribution in [1.29, 1.82) is 0 Å². The van der Waals surface area contributed by atoms with E-state index in [0.717, 1.165) is 43.9 Å². The number of thiazole rings is 1. The molecule has 1 saturated heterocycles. The van der Waals surface area contributed by atoms with E-state index >= 15 is 0 Å². The largest absolute Gasteiger partial charge is 0.356 e. The lowest BCUT2D eigenvalue weighted by Crippen LogP contribution is -2.43. The van der Waals surface area contributed by atoms with Gasteiger partial charge in [-0.1, -0.05) is 20.8 Å². The molecule has 0 spiro atoms. The highest BCUT2D eigenvalue weighted by molar-refractivity contribution is 14.0. The van der Waals surface area contributed by atoms with E-state index in [0.29, 0.717) is 0 Å². The number of piperidine rings is 1. The lowest BCUT2D eigenvalue weighted by Gasteiger charge is -2.31. The van der Waals surface area contributed by atoms with Crippen molar-refractivity contribution in [3.05, 3.63) is 16.1 Å². The molecule has 0 aliphatic carbocycles. The topological polar surface area (TPSA) is 52.6 Å². The number of halogens is 1. The van der Waals surface area contributed by atoms with Crippen molar-refractivity contribution in [2.75, 3.05) is 33.2 Å². The van der Waals surface area contributed by atoms with Crippen LogP contribution in [-0.4, -0.2) is 49.1 Å². The third-order valence-corrected chi connectivity index (χ3v) is 5.83. The molecule has 26 heavy (non-hydrogen) atoms. The van der Waals surface area contributed by atoms with Crippen molar-refractivity contribution in [3.63, 3.8) is 0 Å². The Labute approximate surface area is 180 Å². The molecule has 2 heterocycles. The minimum Gasteiger partial charge on any atom is -0.356 e. The van der Waals surface area contributed by atoms with Crippen LogP contribution in [0.5, 0.6) is 0 Å². The molecule has 0 bridgehead atoms. The fourth-order valence-electron chi connectivity index (χ4n) is 3.10. The van der Waals surface area contributed by atoms with Gasteiger partial charge in [-0.15, -0.1) is 35.3 Å². The van der Waals surface area contributed by atoms with Gasteiger partial charge in [0.2, 0.25) is 0 Å². The number of aryl methyl sites for hydroxylation is 1. The Kier molecular flexibility index (Phi) is 11.7. The van der Waals surface area contributed by atoms with Crippen LogP contribution in [0, 0.1) is 11.8 Å². The number of hydrogen-bond donors (Lipinski definition) is 2. The van der Waals surface area contributed by atoms with Crippen LogP contribution in [0.15, 0.2) is 10.4 Å². The van der Waals surface area contributed by atoms with Gasteiger partial charge in [-0.2, -0.15) is 0 Å². The van der Waals surface area contributed by atoms with Gasteiger partial charge in [0.05, 0.1) is 10.7 Å². The Morgan fingerprint density at radius 3 is 2.65 bits per heavy atom. The molecule has 5 nitrogen and oxygen atoms in total. The first-order valence-corrected chi connectivity index (χ1v) is 10.6. The van der Waals surface area contributed by atoms with Gasteiger partial charge in [-0.05, 0) is 50.6 Å². The third-order valence-electron chi connectivity index (χ3n) is 4.79. The molecule has 2 N–H and O–H groups in total. The van der Waals surface area contributed by atoms with Gasteiger partial charge in [-0.3, -0.25) is 9.89 Å². The second kappa shape index (κ2) is 12.9. The molecule has 0 aromatic carbocycles. The number of nitrogens with zero attached hydrogens (tertiary/aromatic N) is 3. The van der Waals surface area contributed by atoms with Crippen molar-refractivity contribution in [1.82, 2.24) is 20.5 Å². The van der Waals surface area contributed by atoms with Crippen LogP contribution >= 0.6 is 35.3 Å². The number of likely N-dealkylation sites (tertiary alicyclic amines) is 1. The molecule has 1 aromatic heterocycles. The summed E-state index contributed by atoms with van der Waals surface area (Å²) in [6.07, 6.45) is 4.72. The highest BCUT2D eigenvalue weighted by Gasteiger charge is 2.20. The third kappa shape index (κ3) is 8.52.